The molecule has 0 atom stereocenters. The van der Waals surface area contributed by atoms with Gasteiger partial charge in [0.1, 0.15) is 5.75 Å². The number of hydrogen-bond donors (Lipinski definition) is 1. The van der Waals surface area contributed by atoms with Gasteiger partial charge in [0.05, 0.1) is 6.07 Å². The molecule has 0 aliphatic heterocycles. The van der Waals surface area contributed by atoms with Crippen LogP contribution in [0.4, 0.5) is 0 Å². The van der Waals surface area contributed by atoms with Gasteiger partial charge in [0, 0.05) is 12.2 Å². The van der Waals surface area contributed by atoms with E-state index >= 15 is 0 Å². The molecule has 0 saturated heterocycles. The van der Waals surface area contributed by atoms with Crippen LogP contribution in [0.1, 0.15) is 71.1 Å². The molecular formula is C20H31NOS. The molecule has 23 heavy (non-hydrogen) atoms. The maximum Gasteiger partial charge on any atom is 0.123 e. The van der Waals surface area contributed by atoms with Crippen LogP contribution >= 0.6 is 11.8 Å². The van der Waals surface area contributed by atoms with Crippen LogP contribution < -0.4 is 0 Å². The molecule has 0 fully saturated rings. The third-order valence-electron chi connectivity index (χ3n) is 3.90. The topological polar surface area (TPSA) is 44.0 Å². The maximum atomic E-state index is 10.7. The highest BCUT2D eigenvalue weighted by atomic mass is 32.2. The normalized spacial score (nSPS) is 12.2. The predicted octanol–water partition coefficient (Wildman–Crippen LogP) is 5.57. The molecule has 0 amide bonds. The summed E-state index contributed by atoms with van der Waals surface area (Å²) in [4.78, 5) is 0. The molecule has 1 rings (SSSR count). The Kier molecular flexibility index (Phi) is 7.02. The van der Waals surface area contributed by atoms with Crippen molar-refractivity contribution in [2.75, 3.05) is 11.5 Å². The molecule has 0 unspecified atom stereocenters. The van der Waals surface area contributed by atoms with Crippen molar-refractivity contribution in [3.8, 4) is 11.8 Å². The summed E-state index contributed by atoms with van der Waals surface area (Å²) in [7, 11) is 0. The van der Waals surface area contributed by atoms with Gasteiger partial charge in [-0.2, -0.15) is 17.0 Å². The molecule has 1 aromatic rings. The molecule has 1 N–H and O–H groups in total. The lowest BCUT2D eigenvalue weighted by Crippen LogP contribution is -2.18. The average molecular weight is 334 g/mol. The van der Waals surface area contributed by atoms with Gasteiger partial charge in [-0.25, -0.2) is 0 Å². The molecule has 3 heteroatoms. The Bertz CT molecular complexity index is 523. The lowest BCUT2D eigenvalue weighted by molar-refractivity contribution is 0.422. The average Bonchev–Trinajstić information content (AvgIpc) is 2.41. The molecule has 128 valence electrons. The molecular weight excluding hydrogens is 302 g/mol. The summed E-state index contributed by atoms with van der Waals surface area (Å²) in [6.45, 7) is 12.9. The summed E-state index contributed by atoms with van der Waals surface area (Å²) in [5, 5.41) is 19.3. The minimum absolute atomic E-state index is 0.0678. The number of aryl methyl sites for hydroxylation is 1. The van der Waals surface area contributed by atoms with Crippen molar-refractivity contribution in [3.05, 3.63) is 28.8 Å². The number of phenols is 1. The Morgan fingerprint density at radius 3 is 1.96 bits per heavy atom. The van der Waals surface area contributed by atoms with Gasteiger partial charge in [-0.1, -0.05) is 53.7 Å². The highest BCUT2D eigenvalue weighted by Gasteiger charge is 2.26. The fraction of sp³-hybridized carbons (Fsp3) is 0.650. The van der Waals surface area contributed by atoms with Crippen molar-refractivity contribution in [1.82, 2.24) is 0 Å². The van der Waals surface area contributed by atoms with Gasteiger partial charge in [0.2, 0.25) is 0 Å². The predicted molar refractivity (Wildman–Crippen MR) is 101 cm³/mol. The van der Waals surface area contributed by atoms with Crippen molar-refractivity contribution in [1.29, 1.82) is 5.26 Å². The van der Waals surface area contributed by atoms with Gasteiger partial charge in [-0.3, -0.25) is 0 Å². The van der Waals surface area contributed by atoms with Crippen LogP contribution in [0, 0.1) is 11.3 Å². The number of nitriles is 1. The molecule has 0 spiro atoms. The van der Waals surface area contributed by atoms with Crippen LogP contribution in [-0.4, -0.2) is 16.6 Å². The summed E-state index contributed by atoms with van der Waals surface area (Å²) in [6, 6.07) is 6.52. The molecule has 1 aromatic carbocycles. The molecule has 0 aromatic heterocycles. The highest BCUT2D eigenvalue weighted by Crippen LogP contribution is 2.40. The number of phenolic OH excluding ortho intramolecular Hbond substituents is 1. The zero-order valence-electron chi connectivity index (χ0n) is 15.5. The van der Waals surface area contributed by atoms with E-state index in [0.29, 0.717) is 12.2 Å². The van der Waals surface area contributed by atoms with E-state index in [1.165, 1.54) is 5.56 Å². The molecule has 0 bridgehead atoms. The number of benzene rings is 1. The molecule has 2 nitrogen and oxygen atoms in total. The molecule has 0 heterocycles. The van der Waals surface area contributed by atoms with Gasteiger partial charge in [-0.05, 0) is 46.1 Å². The van der Waals surface area contributed by atoms with Gasteiger partial charge in [0.15, 0.2) is 0 Å². The van der Waals surface area contributed by atoms with E-state index in [4.69, 9.17) is 5.26 Å². The van der Waals surface area contributed by atoms with Crippen molar-refractivity contribution >= 4 is 11.8 Å². The van der Waals surface area contributed by atoms with Crippen molar-refractivity contribution < 1.29 is 5.11 Å². The molecule has 0 aliphatic rings. The molecule has 0 radical (unpaired) electrons. The number of hydrogen-bond acceptors (Lipinski definition) is 3. The van der Waals surface area contributed by atoms with E-state index in [-0.39, 0.29) is 10.8 Å². The Labute approximate surface area is 146 Å². The first-order valence-corrected chi connectivity index (χ1v) is 9.54. The van der Waals surface area contributed by atoms with Crippen LogP contribution in [0.25, 0.3) is 0 Å². The fourth-order valence-corrected chi connectivity index (χ4v) is 3.37. The van der Waals surface area contributed by atoms with Crippen LogP contribution in [0.3, 0.4) is 0 Å². The minimum Gasteiger partial charge on any atom is -0.507 e. The fourth-order valence-electron chi connectivity index (χ4n) is 2.58. The second-order valence-corrected chi connectivity index (χ2v) is 9.39. The number of aromatic hydroxyl groups is 1. The first-order chi connectivity index (χ1) is 10.6. The smallest absolute Gasteiger partial charge is 0.123 e. The van der Waals surface area contributed by atoms with Crippen LogP contribution in [-0.2, 0) is 17.3 Å². The van der Waals surface area contributed by atoms with E-state index in [1.54, 1.807) is 0 Å². The number of rotatable bonds is 6. The monoisotopic (exact) mass is 333 g/mol. The Balaban J connectivity index is 2.94. The minimum atomic E-state index is -0.0678. The van der Waals surface area contributed by atoms with Gasteiger partial charge >= 0.3 is 0 Å². The second kappa shape index (κ2) is 8.11. The third-order valence-corrected chi connectivity index (χ3v) is 4.97. The molecule has 0 aliphatic carbocycles. The SMILES string of the molecule is CC(C)(C)c1cc(CCCSCCC#N)cc(C(C)(C)C)c1O. The van der Waals surface area contributed by atoms with Crippen LogP contribution in [0.15, 0.2) is 12.1 Å². The summed E-state index contributed by atoms with van der Waals surface area (Å²) in [6.07, 6.45) is 2.76. The van der Waals surface area contributed by atoms with E-state index in [9.17, 15) is 5.11 Å². The zero-order valence-corrected chi connectivity index (χ0v) is 16.3. The summed E-state index contributed by atoms with van der Waals surface area (Å²) in [5.74, 6) is 2.46. The van der Waals surface area contributed by atoms with E-state index in [0.717, 1.165) is 35.5 Å². The van der Waals surface area contributed by atoms with E-state index < -0.39 is 0 Å². The van der Waals surface area contributed by atoms with E-state index in [2.05, 4.69) is 59.7 Å². The zero-order chi connectivity index (χ0) is 17.7. The largest absolute Gasteiger partial charge is 0.507 e. The van der Waals surface area contributed by atoms with Crippen molar-refractivity contribution in [2.24, 2.45) is 0 Å². The van der Waals surface area contributed by atoms with Crippen LogP contribution in [0.5, 0.6) is 5.75 Å². The van der Waals surface area contributed by atoms with Gasteiger partial charge in [-0.15, -0.1) is 0 Å². The Hall–Kier alpha value is -1.14. The summed E-state index contributed by atoms with van der Waals surface area (Å²) < 4.78 is 0. The van der Waals surface area contributed by atoms with Crippen LogP contribution in [0.2, 0.25) is 0 Å². The Morgan fingerprint density at radius 2 is 1.52 bits per heavy atom. The first-order valence-electron chi connectivity index (χ1n) is 8.39. The second-order valence-electron chi connectivity index (χ2n) is 8.16. The number of nitrogens with zero attached hydrogens (tertiary/aromatic N) is 1. The lowest BCUT2D eigenvalue weighted by atomic mass is 9.78. The summed E-state index contributed by atoms with van der Waals surface area (Å²) in [5.41, 5.74) is 3.25. The van der Waals surface area contributed by atoms with Gasteiger partial charge < -0.3 is 5.11 Å². The van der Waals surface area contributed by atoms with E-state index in [1.807, 2.05) is 11.8 Å². The first kappa shape index (κ1) is 19.9. The van der Waals surface area contributed by atoms with Gasteiger partial charge in [0.25, 0.3) is 0 Å². The highest BCUT2D eigenvalue weighted by molar-refractivity contribution is 7.99. The quantitative estimate of drug-likeness (QED) is 0.692. The maximum absolute atomic E-state index is 10.7. The standard InChI is InChI=1S/C20H31NOS/c1-19(2,3)16-13-15(9-7-11-23-12-8-10-21)14-17(18(16)22)20(4,5)6/h13-14,22H,7-9,11-12H2,1-6H3. The van der Waals surface area contributed by atoms with Crippen molar-refractivity contribution in [2.45, 2.75) is 71.6 Å². The third kappa shape index (κ3) is 6.11. The van der Waals surface area contributed by atoms with Crippen molar-refractivity contribution in [3.63, 3.8) is 0 Å². The molecule has 0 saturated carbocycles. The number of thioether (sulfide) groups is 1. The lowest BCUT2D eigenvalue weighted by Gasteiger charge is -2.28. The Morgan fingerprint density at radius 1 is 1.00 bits per heavy atom. The summed E-state index contributed by atoms with van der Waals surface area (Å²) >= 11 is 1.85.